The van der Waals surface area contributed by atoms with Crippen LogP contribution in [0.25, 0.3) is 5.57 Å². The highest BCUT2D eigenvalue weighted by Crippen LogP contribution is 2.21. The van der Waals surface area contributed by atoms with Gasteiger partial charge in [-0.3, -0.25) is 4.90 Å². The lowest BCUT2D eigenvalue weighted by atomic mass is 10.00. The van der Waals surface area contributed by atoms with E-state index in [0.29, 0.717) is 13.2 Å². The maximum absolute atomic E-state index is 6.41. The molecule has 0 N–H and O–H groups in total. The molecule has 2 aromatic carbocycles. The molecule has 0 radical (unpaired) electrons. The lowest BCUT2D eigenvalue weighted by Crippen LogP contribution is -2.63. The summed E-state index contributed by atoms with van der Waals surface area (Å²) in [5.74, 6) is 0. The first-order valence-electron chi connectivity index (χ1n) is 10.6. The fraction of sp³-hybridized carbons (Fsp3) is 0.417. The average Bonchev–Trinajstić information content (AvgIpc) is 2.76. The molecule has 0 aliphatic carbocycles. The van der Waals surface area contributed by atoms with Crippen LogP contribution in [0.2, 0.25) is 0 Å². The normalized spacial score (nSPS) is 16.1. The fourth-order valence-electron chi connectivity index (χ4n) is 3.89. The molecule has 0 amide bonds. The Morgan fingerprint density at radius 2 is 1.41 bits per heavy atom. The van der Waals surface area contributed by atoms with Gasteiger partial charge in [-0.05, 0) is 42.8 Å². The van der Waals surface area contributed by atoms with Gasteiger partial charge in [0.05, 0.1) is 0 Å². The molecule has 1 heterocycles. The third-order valence-electron chi connectivity index (χ3n) is 5.58. The highest BCUT2D eigenvalue weighted by molar-refractivity contribution is 6.81. The minimum absolute atomic E-state index is 0.665. The molecular formula is C24H34N2O2Si. The number of likely N-dealkylation sites (N-methyl/N-ethyl adjacent to an activating group) is 1. The van der Waals surface area contributed by atoms with Crippen LogP contribution in [0.5, 0.6) is 0 Å². The third kappa shape index (κ3) is 5.44. The molecule has 0 spiro atoms. The SMILES string of the molecule is C=C(c1ccccc1)c1ccc([Si](CN2CCN(C)CC2)(OCC)OCC)cc1. The molecule has 4 nitrogen and oxygen atoms in total. The Labute approximate surface area is 177 Å². The van der Waals surface area contributed by atoms with Crippen molar-refractivity contribution in [2.45, 2.75) is 13.8 Å². The molecule has 29 heavy (non-hydrogen) atoms. The predicted octanol–water partition coefficient (Wildman–Crippen LogP) is 3.26. The van der Waals surface area contributed by atoms with E-state index < -0.39 is 8.56 Å². The van der Waals surface area contributed by atoms with Crippen LogP contribution in [0.3, 0.4) is 0 Å². The molecular weight excluding hydrogens is 376 g/mol. The standard InChI is InChI=1S/C24H34N2O2Si/c1-5-27-29(28-6-2,20-26-18-16-25(4)17-19-26)24-14-12-23(13-15-24)21(3)22-10-8-7-9-11-22/h7-15H,3,5-6,16-20H2,1-2,4H3. The van der Waals surface area contributed by atoms with Crippen molar-refractivity contribution >= 4 is 19.3 Å². The molecule has 0 saturated carbocycles. The number of benzene rings is 2. The Hall–Kier alpha value is -1.76. The van der Waals surface area contributed by atoms with Crippen LogP contribution in [0.1, 0.15) is 25.0 Å². The molecule has 2 aromatic rings. The van der Waals surface area contributed by atoms with Crippen molar-refractivity contribution in [1.82, 2.24) is 9.80 Å². The van der Waals surface area contributed by atoms with Crippen LogP contribution < -0.4 is 5.19 Å². The first-order chi connectivity index (χ1) is 14.1. The van der Waals surface area contributed by atoms with E-state index in [0.717, 1.165) is 49.0 Å². The van der Waals surface area contributed by atoms with Crippen LogP contribution in [0, 0.1) is 0 Å². The van der Waals surface area contributed by atoms with Gasteiger partial charge >= 0.3 is 8.56 Å². The monoisotopic (exact) mass is 410 g/mol. The van der Waals surface area contributed by atoms with Gasteiger partial charge in [0, 0.05) is 45.6 Å². The maximum atomic E-state index is 6.41. The quantitative estimate of drug-likeness (QED) is 0.593. The molecule has 0 bridgehead atoms. The molecule has 156 valence electrons. The van der Waals surface area contributed by atoms with E-state index in [2.05, 4.69) is 73.7 Å². The molecule has 0 atom stereocenters. The lowest BCUT2D eigenvalue weighted by Gasteiger charge is -2.39. The lowest BCUT2D eigenvalue weighted by molar-refractivity contribution is 0.135. The zero-order valence-corrected chi connectivity index (χ0v) is 19.1. The topological polar surface area (TPSA) is 24.9 Å². The molecule has 1 fully saturated rings. The van der Waals surface area contributed by atoms with Crippen LogP contribution in [0.15, 0.2) is 61.2 Å². The third-order valence-corrected chi connectivity index (χ3v) is 9.16. The zero-order valence-electron chi connectivity index (χ0n) is 18.1. The van der Waals surface area contributed by atoms with Crippen LogP contribution in [0.4, 0.5) is 0 Å². The molecule has 1 aliphatic rings. The largest absolute Gasteiger partial charge is 0.391 e. The van der Waals surface area contributed by atoms with Crippen molar-refractivity contribution in [1.29, 1.82) is 0 Å². The van der Waals surface area contributed by atoms with Crippen molar-refractivity contribution in [2.75, 3.05) is 52.6 Å². The van der Waals surface area contributed by atoms with Gasteiger partial charge in [0.2, 0.25) is 0 Å². The van der Waals surface area contributed by atoms with E-state index >= 15 is 0 Å². The van der Waals surface area contributed by atoms with Crippen LogP contribution >= 0.6 is 0 Å². The van der Waals surface area contributed by atoms with Crippen molar-refractivity contribution in [3.05, 3.63) is 72.3 Å². The summed E-state index contributed by atoms with van der Waals surface area (Å²) in [5.41, 5.74) is 3.32. The number of nitrogens with zero attached hydrogens (tertiary/aromatic N) is 2. The molecule has 1 aliphatic heterocycles. The smallest absolute Gasteiger partial charge is 0.387 e. The highest BCUT2D eigenvalue weighted by atomic mass is 28.4. The highest BCUT2D eigenvalue weighted by Gasteiger charge is 2.42. The van der Waals surface area contributed by atoms with Crippen molar-refractivity contribution in [2.24, 2.45) is 0 Å². The molecule has 0 aromatic heterocycles. The summed E-state index contributed by atoms with van der Waals surface area (Å²) < 4.78 is 12.8. The van der Waals surface area contributed by atoms with Crippen molar-refractivity contribution < 1.29 is 8.85 Å². The van der Waals surface area contributed by atoms with E-state index in [1.54, 1.807) is 0 Å². The molecule has 5 heteroatoms. The minimum Gasteiger partial charge on any atom is -0.391 e. The van der Waals surface area contributed by atoms with E-state index in [1.165, 1.54) is 5.19 Å². The molecule has 3 rings (SSSR count). The minimum atomic E-state index is -2.54. The van der Waals surface area contributed by atoms with E-state index in [-0.39, 0.29) is 0 Å². The zero-order chi connectivity index (χ0) is 20.7. The van der Waals surface area contributed by atoms with Crippen LogP contribution in [-0.4, -0.2) is 71.0 Å². The Morgan fingerprint density at radius 3 is 1.97 bits per heavy atom. The Morgan fingerprint density at radius 1 is 0.862 bits per heavy atom. The fourth-order valence-corrected chi connectivity index (χ4v) is 7.18. The van der Waals surface area contributed by atoms with Crippen molar-refractivity contribution in [3.63, 3.8) is 0 Å². The van der Waals surface area contributed by atoms with E-state index in [1.807, 2.05) is 18.2 Å². The maximum Gasteiger partial charge on any atom is 0.387 e. The molecule has 1 saturated heterocycles. The Bertz CT molecular complexity index is 765. The van der Waals surface area contributed by atoms with Gasteiger partial charge in [0.1, 0.15) is 0 Å². The summed E-state index contributed by atoms with van der Waals surface area (Å²) in [6, 6.07) is 19.0. The van der Waals surface area contributed by atoms with Gasteiger partial charge in [-0.15, -0.1) is 0 Å². The first kappa shape index (κ1) is 21.9. The van der Waals surface area contributed by atoms with Gasteiger partial charge in [0.15, 0.2) is 0 Å². The Kier molecular flexibility index (Phi) is 7.81. The van der Waals surface area contributed by atoms with Crippen molar-refractivity contribution in [3.8, 4) is 0 Å². The number of rotatable bonds is 9. The number of hydrogen-bond acceptors (Lipinski definition) is 4. The van der Waals surface area contributed by atoms with Gasteiger partial charge in [0.25, 0.3) is 0 Å². The number of hydrogen-bond donors (Lipinski definition) is 0. The Balaban J connectivity index is 1.84. The summed E-state index contributed by atoms with van der Waals surface area (Å²) in [6.45, 7) is 14.1. The predicted molar refractivity (Wildman–Crippen MR) is 124 cm³/mol. The summed E-state index contributed by atoms with van der Waals surface area (Å²) >= 11 is 0. The number of piperazine rings is 1. The van der Waals surface area contributed by atoms with E-state index in [4.69, 9.17) is 8.85 Å². The van der Waals surface area contributed by atoms with Gasteiger partial charge in [-0.25, -0.2) is 0 Å². The van der Waals surface area contributed by atoms with Gasteiger partial charge in [-0.2, -0.15) is 0 Å². The van der Waals surface area contributed by atoms with E-state index in [9.17, 15) is 0 Å². The summed E-state index contributed by atoms with van der Waals surface area (Å²) in [4.78, 5) is 4.89. The second kappa shape index (κ2) is 10.3. The second-order valence-corrected chi connectivity index (χ2v) is 10.6. The molecule has 0 unspecified atom stereocenters. The second-order valence-electron chi connectivity index (χ2n) is 7.62. The summed E-state index contributed by atoms with van der Waals surface area (Å²) in [6.07, 6.45) is 0.876. The summed E-state index contributed by atoms with van der Waals surface area (Å²) in [5, 5.41) is 1.20. The first-order valence-corrected chi connectivity index (χ1v) is 12.6. The van der Waals surface area contributed by atoms with Gasteiger partial charge < -0.3 is 13.8 Å². The van der Waals surface area contributed by atoms with Gasteiger partial charge in [-0.1, -0.05) is 61.2 Å². The van der Waals surface area contributed by atoms with Crippen LogP contribution in [-0.2, 0) is 8.85 Å². The average molecular weight is 411 g/mol. The summed E-state index contributed by atoms with van der Waals surface area (Å²) in [7, 11) is -0.354.